The van der Waals surface area contributed by atoms with Crippen LogP contribution in [0.4, 0.5) is 0 Å². The van der Waals surface area contributed by atoms with Crippen molar-refractivity contribution in [2.24, 2.45) is 5.73 Å². The molecule has 2 atom stereocenters. The fourth-order valence-electron chi connectivity index (χ4n) is 1.31. The van der Waals surface area contributed by atoms with Crippen molar-refractivity contribution >= 4 is 5.91 Å². The van der Waals surface area contributed by atoms with Crippen molar-refractivity contribution < 1.29 is 4.79 Å². The molecule has 70 valence electrons. The average molecular weight is 171 g/mol. The first kappa shape index (κ1) is 9.48. The third-order valence-electron chi connectivity index (χ3n) is 2.06. The van der Waals surface area contributed by atoms with Gasteiger partial charge in [0.2, 0.25) is 5.91 Å². The molecule has 0 saturated carbocycles. The van der Waals surface area contributed by atoms with Crippen LogP contribution in [0.3, 0.4) is 0 Å². The molecule has 0 spiro atoms. The van der Waals surface area contributed by atoms with Crippen LogP contribution in [0.2, 0.25) is 0 Å². The van der Waals surface area contributed by atoms with Crippen LogP contribution in [-0.4, -0.2) is 31.1 Å². The molecule has 0 aromatic carbocycles. The van der Waals surface area contributed by atoms with Crippen LogP contribution < -0.4 is 16.4 Å². The molecule has 1 amide bonds. The second-order valence-electron chi connectivity index (χ2n) is 3.34. The van der Waals surface area contributed by atoms with Crippen LogP contribution in [0.5, 0.6) is 0 Å². The van der Waals surface area contributed by atoms with E-state index in [1.54, 1.807) is 6.92 Å². The second kappa shape index (κ2) is 4.42. The predicted octanol–water partition coefficient (Wildman–Crippen LogP) is -0.798. The first-order chi connectivity index (χ1) is 5.70. The molecular weight excluding hydrogens is 154 g/mol. The second-order valence-corrected chi connectivity index (χ2v) is 3.34. The average Bonchev–Trinajstić information content (AvgIpc) is 2.06. The highest BCUT2D eigenvalue weighted by atomic mass is 16.2. The standard InChI is InChI=1S/C8H17N3O/c1-6(9)8(12)11-7-3-2-4-10-5-7/h6-7,10H,2-5,9H2,1H3,(H,11,12)/t6?,7-/m0/s1. The van der Waals surface area contributed by atoms with Gasteiger partial charge in [0.25, 0.3) is 0 Å². The van der Waals surface area contributed by atoms with Crippen LogP contribution in [-0.2, 0) is 4.79 Å². The predicted molar refractivity (Wildman–Crippen MR) is 47.7 cm³/mol. The largest absolute Gasteiger partial charge is 0.351 e. The van der Waals surface area contributed by atoms with Crippen molar-refractivity contribution in [3.8, 4) is 0 Å². The Balaban J connectivity index is 2.24. The Kier molecular flexibility index (Phi) is 3.49. The van der Waals surface area contributed by atoms with Gasteiger partial charge in [-0.15, -0.1) is 0 Å². The summed E-state index contributed by atoms with van der Waals surface area (Å²) in [5.41, 5.74) is 5.42. The van der Waals surface area contributed by atoms with Crippen LogP contribution >= 0.6 is 0 Å². The van der Waals surface area contributed by atoms with Gasteiger partial charge in [0.1, 0.15) is 0 Å². The van der Waals surface area contributed by atoms with Crippen LogP contribution in [0.25, 0.3) is 0 Å². The smallest absolute Gasteiger partial charge is 0.236 e. The van der Waals surface area contributed by atoms with E-state index in [0.29, 0.717) is 0 Å². The number of nitrogens with two attached hydrogens (primary N) is 1. The number of hydrogen-bond donors (Lipinski definition) is 3. The maximum absolute atomic E-state index is 11.1. The van der Waals surface area contributed by atoms with Crippen molar-refractivity contribution in [1.82, 2.24) is 10.6 Å². The van der Waals surface area contributed by atoms with Gasteiger partial charge in [-0.3, -0.25) is 4.79 Å². The van der Waals surface area contributed by atoms with E-state index < -0.39 is 6.04 Å². The van der Waals surface area contributed by atoms with Crippen LogP contribution in [0.15, 0.2) is 0 Å². The molecule has 0 radical (unpaired) electrons. The molecule has 4 heteroatoms. The summed E-state index contributed by atoms with van der Waals surface area (Å²) in [4.78, 5) is 11.1. The van der Waals surface area contributed by atoms with E-state index in [4.69, 9.17) is 5.73 Å². The molecule has 12 heavy (non-hydrogen) atoms. The Morgan fingerprint density at radius 1 is 1.75 bits per heavy atom. The van der Waals surface area contributed by atoms with E-state index in [-0.39, 0.29) is 11.9 Å². The van der Waals surface area contributed by atoms with Crippen molar-refractivity contribution in [1.29, 1.82) is 0 Å². The van der Waals surface area contributed by atoms with Gasteiger partial charge in [0.05, 0.1) is 6.04 Å². The highest BCUT2D eigenvalue weighted by Gasteiger charge is 2.16. The molecule has 0 bridgehead atoms. The lowest BCUT2D eigenvalue weighted by Crippen LogP contribution is -2.49. The summed E-state index contributed by atoms with van der Waals surface area (Å²) in [5, 5.41) is 6.12. The topological polar surface area (TPSA) is 67.2 Å². The molecular formula is C8H17N3O. The Morgan fingerprint density at radius 2 is 2.50 bits per heavy atom. The number of piperidine rings is 1. The lowest BCUT2D eigenvalue weighted by molar-refractivity contribution is -0.122. The molecule has 0 aromatic rings. The van der Waals surface area contributed by atoms with E-state index in [2.05, 4.69) is 10.6 Å². The molecule has 1 rings (SSSR count). The third-order valence-corrected chi connectivity index (χ3v) is 2.06. The number of carbonyl (C=O) groups excluding carboxylic acids is 1. The van der Waals surface area contributed by atoms with Gasteiger partial charge in [-0.2, -0.15) is 0 Å². The van der Waals surface area contributed by atoms with Gasteiger partial charge in [-0.25, -0.2) is 0 Å². The molecule has 0 aliphatic carbocycles. The Morgan fingerprint density at radius 3 is 3.00 bits per heavy atom. The number of hydrogen-bond acceptors (Lipinski definition) is 3. The van der Waals surface area contributed by atoms with Crippen molar-refractivity contribution in [3.05, 3.63) is 0 Å². The van der Waals surface area contributed by atoms with Crippen molar-refractivity contribution in [2.75, 3.05) is 13.1 Å². The Hall–Kier alpha value is -0.610. The van der Waals surface area contributed by atoms with Gasteiger partial charge >= 0.3 is 0 Å². The Labute approximate surface area is 72.9 Å². The van der Waals surface area contributed by atoms with Crippen LogP contribution in [0.1, 0.15) is 19.8 Å². The van der Waals surface area contributed by atoms with Crippen LogP contribution in [0, 0.1) is 0 Å². The molecule has 4 N–H and O–H groups in total. The lowest BCUT2D eigenvalue weighted by atomic mass is 10.1. The van der Waals surface area contributed by atoms with Gasteiger partial charge in [0, 0.05) is 12.6 Å². The molecule has 1 saturated heterocycles. The molecule has 1 unspecified atom stereocenters. The fraction of sp³-hybridized carbons (Fsp3) is 0.875. The fourth-order valence-corrected chi connectivity index (χ4v) is 1.31. The monoisotopic (exact) mass is 171 g/mol. The van der Waals surface area contributed by atoms with E-state index in [0.717, 1.165) is 25.9 Å². The summed E-state index contributed by atoms with van der Waals surface area (Å²) >= 11 is 0. The molecule has 4 nitrogen and oxygen atoms in total. The number of nitrogens with one attached hydrogen (secondary N) is 2. The summed E-state index contributed by atoms with van der Waals surface area (Å²) in [6, 6.07) is -0.121. The Bertz CT molecular complexity index is 152. The van der Waals surface area contributed by atoms with E-state index in [1.165, 1.54) is 0 Å². The molecule has 1 aliphatic heterocycles. The lowest BCUT2D eigenvalue weighted by Gasteiger charge is -2.24. The van der Waals surface area contributed by atoms with Gasteiger partial charge in [-0.05, 0) is 26.3 Å². The zero-order valence-corrected chi connectivity index (χ0v) is 7.47. The van der Waals surface area contributed by atoms with Gasteiger partial charge in [0.15, 0.2) is 0 Å². The normalized spacial score (nSPS) is 26.3. The van der Waals surface area contributed by atoms with Gasteiger partial charge in [-0.1, -0.05) is 0 Å². The third kappa shape index (κ3) is 2.79. The summed E-state index contributed by atoms with van der Waals surface area (Å²) in [6.45, 7) is 3.63. The molecule has 1 heterocycles. The highest BCUT2D eigenvalue weighted by molar-refractivity contribution is 5.81. The van der Waals surface area contributed by atoms with E-state index in [9.17, 15) is 4.79 Å². The summed E-state index contributed by atoms with van der Waals surface area (Å²) < 4.78 is 0. The number of amides is 1. The maximum atomic E-state index is 11.1. The van der Waals surface area contributed by atoms with Crippen molar-refractivity contribution in [2.45, 2.75) is 31.8 Å². The van der Waals surface area contributed by atoms with E-state index in [1.807, 2.05) is 0 Å². The minimum absolute atomic E-state index is 0.0521. The minimum Gasteiger partial charge on any atom is -0.351 e. The SMILES string of the molecule is CC(N)C(=O)N[C@H]1CCCNC1. The zero-order chi connectivity index (χ0) is 8.97. The van der Waals surface area contributed by atoms with Gasteiger partial charge < -0.3 is 16.4 Å². The van der Waals surface area contributed by atoms with Crippen molar-refractivity contribution in [3.63, 3.8) is 0 Å². The number of rotatable bonds is 2. The quantitative estimate of drug-likeness (QED) is 0.509. The summed E-state index contributed by atoms with van der Waals surface area (Å²) in [5.74, 6) is -0.0521. The molecule has 1 aliphatic rings. The molecule has 0 aromatic heterocycles. The first-order valence-corrected chi connectivity index (χ1v) is 4.47. The molecule has 1 fully saturated rings. The summed E-state index contributed by atoms with van der Waals surface area (Å²) in [6.07, 6.45) is 2.19. The van der Waals surface area contributed by atoms with E-state index >= 15 is 0 Å². The highest BCUT2D eigenvalue weighted by Crippen LogP contribution is 2.00. The summed E-state index contributed by atoms with van der Waals surface area (Å²) in [7, 11) is 0. The first-order valence-electron chi connectivity index (χ1n) is 4.47. The zero-order valence-electron chi connectivity index (χ0n) is 7.47. The maximum Gasteiger partial charge on any atom is 0.236 e. The minimum atomic E-state index is -0.396. The number of carbonyl (C=O) groups is 1.